The molecule has 1 aliphatic heterocycles. The summed E-state index contributed by atoms with van der Waals surface area (Å²) in [7, 11) is 5.86. The molecule has 0 aromatic heterocycles. The third-order valence-electron chi connectivity index (χ3n) is 4.83. The van der Waals surface area contributed by atoms with E-state index in [1.807, 2.05) is 93.9 Å². The van der Waals surface area contributed by atoms with Crippen molar-refractivity contribution in [1.82, 2.24) is 10.4 Å². The maximum Gasteiger partial charge on any atom is 0.240 e. The van der Waals surface area contributed by atoms with Gasteiger partial charge in [-0.15, -0.1) is 0 Å². The third-order valence-corrected chi connectivity index (χ3v) is 5.07. The van der Waals surface area contributed by atoms with E-state index in [2.05, 4.69) is 15.4 Å². The molecule has 1 aliphatic rings. The molecular weight excluding hydrogens is 408 g/mol. The summed E-state index contributed by atoms with van der Waals surface area (Å²) >= 11 is 6.28. The topological polar surface area (TPSA) is 55.6 Å². The Morgan fingerprint density at radius 3 is 2.45 bits per heavy atom. The number of hydrazone groups is 2. The molecule has 1 heterocycles. The lowest BCUT2D eigenvalue weighted by molar-refractivity contribution is 0.522. The van der Waals surface area contributed by atoms with Crippen LogP contribution in [0.15, 0.2) is 88.0 Å². The zero-order valence-corrected chi connectivity index (χ0v) is 18.4. The van der Waals surface area contributed by atoms with Gasteiger partial charge in [-0.1, -0.05) is 54.1 Å². The summed E-state index contributed by atoms with van der Waals surface area (Å²) in [4.78, 5) is 6.80. The zero-order valence-electron chi connectivity index (χ0n) is 17.6. The predicted octanol–water partition coefficient (Wildman–Crippen LogP) is 4.72. The second kappa shape index (κ2) is 9.02. The largest absolute Gasteiger partial charge is 0.378 e. The van der Waals surface area contributed by atoms with Gasteiger partial charge >= 0.3 is 0 Å². The molecule has 3 aromatic carbocycles. The van der Waals surface area contributed by atoms with Crippen molar-refractivity contribution in [3.05, 3.63) is 94.5 Å². The first-order valence-corrected chi connectivity index (χ1v) is 10.2. The Labute approximate surface area is 187 Å². The highest BCUT2D eigenvalue weighted by Gasteiger charge is 2.19. The average Bonchev–Trinajstić information content (AvgIpc) is 2.91. The van der Waals surface area contributed by atoms with E-state index in [0.717, 1.165) is 33.8 Å². The van der Waals surface area contributed by atoms with Gasteiger partial charge in [0.25, 0.3) is 0 Å². The molecule has 31 heavy (non-hydrogen) atoms. The molecule has 6 nitrogen and oxygen atoms in total. The molecule has 0 unspecified atom stereocenters. The van der Waals surface area contributed by atoms with Crippen molar-refractivity contribution in [1.29, 1.82) is 0 Å². The van der Waals surface area contributed by atoms with Crippen LogP contribution >= 0.6 is 11.6 Å². The summed E-state index contributed by atoms with van der Waals surface area (Å²) in [6, 6.07) is 23.7. The number of halogens is 1. The molecule has 0 bridgehead atoms. The molecule has 0 aliphatic carbocycles. The molecule has 0 spiro atoms. The maximum atomic E-state index is 6.28. The van der Waals surface area contributed by atoms with Crippen LogP contribution in [-0.2, 0) is 0 Å². The van der Waals surface area contributed by atoms with Crippen molar-refractivity contribution in [2.24, 2.45) is 15.2 Å². The number of guanidine groups is 1. The molecule has 0 fully saturated rings. The Kier molecular flexibility index (Phi) is 6.00. The monoisotopic (exact) mass is 430 g/mol. The zero-order chi connectivity index (χ0) is 21.8. The first-order chi connectivity index (χ1) is 15.0. The molecule has 4 rings (SSSR count). The first kappa shape index (κ1) is 20.6. The standard InChI is InChI=1S/C24H23ClN6/c1-30(2)20-12-9-17(10-13-20)16-26-28-24-27-22-14-11-19(25)15-21(22)23(29-31(24)3)18-7-5-4-6-8-18/h4-16H,1-3H3,(H,27,28)/b26-16+. The second-order valence-electron chi connectivity index (χ2n) is 7.29. The molecule has 0 atom stereocenters. The van der Waals surface area contributed by atoms with Crippen LogP contribution in [0.5, 0.6) is 0 Å². The van der Waals surface area contributed by atoms with Gasteiger partial charge in [-0.3, -0.25) is 0 Å². The Hall–Kier alpha value is -3.64. The van der Waals surface area contributed by atoms with Gasteiger partial charge in [-0.25, -0.2) is 15.4 Å². The predicted molar refractivity (Wildman–Crippen MR) is 130 cm³/mol. The smallest absolute Gasteiger partial charge is 0.240 e. The summed E-state index contributed by atoms with van der Waals surface area (Å²) in [5.74, 6) is 0.510. The summed E-state index contributed by atoms with van der Waals surface area (Å²) in [5.41, 5.74) is 8.55. The molecule has 3 aromatic rings. The van der Waals surface area contributed by atoms with Crippen LogP contribution in [0.1, 0.15) is 16.7 Å². The van der Waals surface area contributed by atoms with Gasteiger partial charge in [0.1, 0.15) is 5.71 Å². The number of rotatable bonds is 4. The van der Waals surface area contributed by atoms with Crippen LogP contribution in [0.3, 0.4) is 0 Å². The highest BCUT2D eigenvalue weighted by Crippen LogP contribution is 2.28. The SMILES string of the molecule is CN1N=C(c2ccccc2)c2cc(Cl)ccc2N=C1N/N=C/c1ccc(N(C)C)cc1. The van der Waals surface area contributed by atoms with Gasteiger partial charge in [0.2, 0.25) is 5.96 Å². The second-order valence-corrected chi connectivity index (χ2v) is 7.73. The fraction of sp³-hybridized carbons (Fsp3) is 0.125. The number of nitrogens with zero attached hydrogens (tertiary/aromatic N) is 5. The summed E-state index contributed by atoms with van der Waals surface area (Å²) in [6.07, 6.45) is 1.76. The maximum absolute atomic E-state index is 6.28. The molecular formula is C24H23ClN6. The van der Waals surface area contributed by atoms with Gasteiger partial charge < -0.3 is 4.90 Å². The van der Waals surface area contributed by atoms with Crippen molar-refractivity contribution < 1.29 is 0 Å². The highest BCUT2D eigenvalue weighted by atomic mass is 35.5. The number of anilines is 1. The summed E-state index contributed by atoms with van der Waals surface area (Å²) in [6.45, 7) is 0. The fourth-order valence-electron chi connectivity index (χ4n) is 3.16. The van der Waals surface area contributed by atoms with E-state index in [1.54, 1.807) is 11.2 Å². The lowest BCUT2D eigenvalue weighted by Gasteiger charge is -2.14. The van der Waals surface area contributed by atoms with Crippen LogP contribution in [0.4, 0.5) is 11.4 Å². The van der Waals surface area contributed by atoms with Gasteiger partial charge in [0, 0.05) is 43.0 Å². The van der Waals surface area contributed by atoms with Crippen molar-refractivity contribution in [3.63, 3.8) is 0 Å². The minimum atomic E-state index is 0.510. The quantitative estimate of drug-likeness (QED) is 0.481. The van der Waals surface area contributed by atoms with Crippen molar-refractivity contribution in [2.45, 2.75) is 0 Å². The van der Waals surface area contributed by atoms with Gasteiger partial charge in [-0.2, -0.15) is 10.2 Å². The number of benzene rings is 3. The lowest BCUT2D eigenvalue weighted by Crippen LogP contribution is -2.32. The third kappa shape index (κ3) is 4.75. The van der Waals surface area contributed by atoms with E-state index < -0.39 is 0 Å². The first-order valence-electron chi connectivity index (χ1n) is 9.84. The van der Waals surface area contributed by atoms with E-state index in [-0.39, 0.29) is 0 Å². The van der Waals surface area contributed by atoms with Crippen LogP contribution < -0.4 is 10.3 Å². The molecule has 0 radical (unpaired) electrons. The Morgan fingerprint density at radius 2 is 1.74 bits per heavy atom. The number of fused-ring (bicyclic) bond motifs is 1. The highest BCUT2D eigenvalue weighted by molar-refractivity contribution is 6.31. The van der Waals surface area contributed by atoms with Gasteiger partial charge in [0.15, 0.2) is 0 Å². The molecule has 0 saturated heterocycles. The van der Waals surface area contributed by atoms with Crippen molar-refractivity contribution in [2.75, 3.05) is 26.0 Å². The number of aliphatic imine (C=N–C) groups is 1. The van der Waals surface area contributed by atoms with Crippen LogP contribution in [0.2, 0.25) is 5.02 Å². The average molecular weight is 431 g/mol. The number of hydrogen-bond acceptors (Lipinski definition) is 6. The van der Waals surface area contributed by atoms with E-state index in [9.17, 15) is 0 Å². The normalized spacial score (nSPS) is 13.4. The van der Waals surface area contributed by atoms with Crippen LogP contribution in [0.25, 0.3) is 0 Å². The Morgan fingerprint density at radius 1 is 1.00 bits per heavy atom. The van der Waals surface area contributed by atoms with Gasteiger partial charge in [-0.05, 0) is 35.9 Å². The van der Waals surface area contributed by atoms with E-state index in [1.165, 1.54) is 0 Å². The number of hydrogen-bond donors (Lipinski definition) is 1. The van der Waals surface area contributed by atoms with E-state index >= 15 is 0 Å². The van der Waals surface area contributed by atoms with E-state index in [4.69, 9.17) is 21.7 Å². The van der Waals surface area contributed by atoms with E-state index in [0.29, 0.717) is 11.0 Å². The molecule has 0 saturated carbocycles. The number of nitrogens with one attached hydrogen (secondary N) is 1. The van der Waals surface area contributed by atoms with Crippen LogP contribution in [-0.4, -0.2) is 44.0 Å². The fourth-order valence-corrected chi connectivity index (χ4v) is 3.33. The lowest BCUT2D eigenvalue weighted by atomic mass is 10.0. The van der Waals surface area contributed by atoms with Gasteiger partial charge in [0.05, 0.1) is 11.9 Å². The molecule has 0 amide bonds. The summed E-state index contributed by atoms with van der Waals surface area (Å²) < 4.78 is 0. The minimum Gasteiger partial charge on any atom is -0.378 e. The minimum absolute atomic E-state index is 0.510. The summed E-state index contributed by atoms with van der Waals surface area (Å²) in [5, 5.41) is 11.5. The molecule has 7 heteroatoms. The van der Waals surface area contributed by atoms with Crippen molar-refractivity contribution in [3.8, 4) is 0 Å². The van der Waals surface area contributed by atoms with Crippen molar-refractivity contribution >= 4 is 40.9 Å². The molecule has 156 valence electrons. The Balaban J connectivity index is 1.63. The molecule has 1 N–H and O–H groups in total. The van der Waals surface area contributed by atoms with Crippen LogP contribution in [0, 0.1) is 0 Å². The Bertz CT molecular complexity index is 1150.